The predicted molar refractivity (Wildman–Crippen MR) is 79.2 cm³/mol. The lowest BCUT2D eigenvalue weighted by atomic mass is 10.0. The summed E-state index contributed by atoms with van der Waals surface area (Å²) in [5, 5.41) is 3.62. The Morgan fingerprint density at radius 1 is 1.05 bits per heavy atom. The van der Waals surface area contributed by atoms with Crippen molar-refractivity contribution < 1.29 is 0 Å². The minimum absolute atomic E-state index is 0.978. The van der Waals surface area contributed by atoms with Gasteiger partial charge in [0.1, 0.15) is 5.65 Å². The Balaban J connectivity index is 2.00. The summed E-state index contributed by atoms with van der Waals surface area (Å²) < 4.78 is 0. The second-order valence-electron chi connectivity index (χ2n) is 5.03. The molecule has 0 fully saturated rings. The van der Waals surface area contributed by atoms with Crippen molar-refractivity contribution in [2.24, 2.45) is 0 Å². The summed E-state index contributed by atoms with van der Waals surface area (Å²) in [5.41, 5.74) is 2.18. The van der Waals surface area contributed by atoms with Crippen molar-refractivity contribution in [3.63, 3.8) is 0 Å². The van der Waals surface area contributed by atoms with Gasteiger partial charge in [0.2, 0.25) is 0 Å². The fraction of sp³-hybridized carbons (Fsp3) is 0.375. The summed E-state index contributed by atoms with van der Waals surface area (Å²) in [6, 6.07) is 4.16. The molecule has 0 saturated carbocycles. The first-order valence-electron chi connectivity index (χ1n) is 7.10. The Kier molecular flexibility index (Phi) is 3.45. The normalized spacial score (nSPS) is 11.4. The molecule has 3 nitrogen and oxygen atoms in total. The van der Waals surface area contributed by atoms with Crippen molar-refractivity contribution in [3.8, 4) is 0 Å². The molecule has 3 aromatic heterocycles. The van der Waals surface area contributed by atoms with Crippen LogP contribution in [0.5, 0.6) is 0 Å². The van der Waals surface area contributed by atoms with Crippen molar-refractivity contribution in [2.75, 3.05) is 0 Å². The number of nitrogens with one attached hydrogen (secondary N) is 1. The van der Waals surface area contributed by atoms with Crippen molar-refractivity contribution >= 4 is 21.8 Å². The van der Waals surface area contributed by atoms with E-state index in [0.717, 1.165) is 12.1 Å². The van der Waals surface area contributed by atoms with Gasteiger partial charge in [0, 0.05) is 34.7 Å². The van der Waals surface area contributed by atoms with E-state index >= 15 is 0 Å². The van der Waals surface area contributed by atoms with Crippen molar-refractivity contribution in [2.45, 2.75) is 39.0 Å². The average Bonchev–Trinajstić information content (AvgIpc) is 2.92. The molecule has 98 valence electrons. The van der Waals surface area contributed by atoms with Crippen LogP contribution < -0.4 is 0 Å². The zero-order valence-electron chi connectivity index (χ0n) is 11.3. The molecule has 0 aromatic carbocycles. The summed E-state index contributed by atoms with van der Waals surface area (Å²) in [6.45, 7) is 2.24. The number of H-pyrrole nitrogens is 1. The summed E-state index contributed by atoms with van der Waals surface area (Å²) in [5.74, 6) is 0. The summed E-state index contributed by atoms with van der Waals surface area (Å²) in [7, 11) is 0. The molecule has 3 heterocycles. The zero-order valence-corrected chi connectivity index (χ0v) is 11.3. The Labute approximate surface area is 113 Å². The lowest BCUT2D eigenvalue weighted by molar-refractivity contribution is 0.663. The largest absolute Gasteiger partial charge is 0.346 e. The number of hydrogen-bond donors (Lipinski definition) is 1. The van der Waals surface area contributed by atoms with Gasteiger partial charge in [-0.25, -0.2) is 4.98 Å². The first-order chi connectivity index (χ1) is 9.40. The van der Waals surface area contributed by atoms with Crippen LogP contribution in [0, 0.1) is 0 Å². The first-order valence-corrected chi connectivity index (χ1v) is 7.10. The smallest absolute Gasteiger partial charge is 0.138 e. The number of nitrogens with zero attached hydrogens (tertiary/aromatic N) is 2. The Bertz CT molecular complexity index is 685. The Morgan fingerprint density at radius 3 is 2.89 bits per heavy atom. The van der Waals surface area contributed by atoms with Gasteiger partial charge in [0.15, 0.2) is 0 Å². The van der Waals surface area contributed by atoms with Gasteiger partial charge in [-0.15, -0.1) is 0 Å². The molecular weight excluding hydrogens is 234 g/mol. The van der Waals surface area contributed by atoms with Gasteiger partial charge in [-0.05, 0) is 25.0 Å². The van der Waals surface area contributed by atoms with Gasteiger partial charge in [-0.2, -0.15) is 0 Å². The van der Waals surface area contributed by atoms with E-state index in [-0.39, 0.29) is 0 Å². The molecule has 0 atom stereocenters. The molecule has 3 rings (SSSR count). The number of rotatable bonds is 5. The highest BCUT2D eigenvalue weighted by molar-refractivity contribution is 6.05. The number of aromatic amines is 1. The number of fused-ring (bicyclic) bond motifs is 3. The molecule has 0 spiro atoms. The third-order valence-corrected chi connectivity index (χ3v) is 3.66. The minimum atomic E-state index is 0.978. The van der Waals surface area contributed by atoms with Crippen LogP contribution in [-0.4, -0.2) is 15.0 Å². The number of aromatic nitrogens is 3. The molecule has 0 aliphatic rings. The summed E-state index contributed by atoms with van der Waals surface area (Å²) in [4.78, 5) is 12.2. The summed E-state index contributed by atoms with van der Waals surface area (Å²) in [6.07, 6.45) is 11.9. The van der Waals surface area contributed by atoms with E-state index in [9.17, 15) is 0 Å². The maximum Gasteiger partial charge on any atom is 0.138 e. The van der Waals surface area contributed by atoms with Gasteiger partial charge in [0.25, 0.3) is 0 Å². The molecule has 0 aliphatic carbocycles. The molecule has 3 heteroatoms. The van der Waals surface area contributed by atoms with Crippen LogP contribution in [0.1, 0.15) is 38.3 Å². The second-order valence-corrected chi connectivity index (χ2v) is 5.03. The van der Waals surface area contributed by atoms with E-state index < -0.39 is 0 Å². The molecular formula is C16H19N3. The zero-order chi connectivity index (χ0) is 13.1. The van der Waals surface area contributed by atoms with Crippen LogP contribution in [-0.2, 0) is 6.42 Å². The van der Waals surface area contributed by atoms with Gasteiger partial charge >= 0.3 is 0 Å². The Morgan fingerprint density at radius 2 is 2.00 bits per heavy atom. The number of hydrogen-bond acceptors (Lipinski definition) is 2. The van der Waals surface area contributed by atoms with E-state index in [1.54, 1.807) is 0 Å². The number of unbranched alkanes of at least 4 members (excludes halogenated alkanes) is 3. The van der Waals surface area contributed by atoms with E-state index in [2.05, 4.69) is 29.0 Å². The standard InChI is InChI=1S/C16H19N3/c1-2-3-4-5-6-15-12-7-9-17-11-14(12)13-8-10-18-16(13)19-15/h7-11H,2-6H2,1H3,(H,18,19). The van der Waals surface area contributed by atoms with Crippen LogP contribution in [0.3, 0.4) is 0 Å². The fourth-order valence-corrected chi connectivity index (χ4v) is 2.64. The van der Waals surface area contributed by atoms with Gasteiger partial charge in [-0.3, -0.25) is 4.98 Å². The van der Waals surface area contributed by atoms with Crippen LogP contribution in [0.15, 0.2) is 30.7 Å². The van der Waals surface area contributed by atoms with E-state index in [1.807, 2.05) is 18.6 Å². The molecule has 0 bridgehead atoms. The molecule has 0 unspecified atom stereocenters. The third-order valence-electron chi connectivity index (χ3n) is 3.66. The lowest BCUT2D eigenvalue weighted by Crippen LogP contribution is -1.94. The molecule has 3 aromatic rings. The van der Waals surface area contributed by atoms with Crippen molar-refractivity contribution in [1.29, 1.82) is 0 Å². The molecule has 1 N–H and O–H groups in total. The number of aryl methyl sites for hydroxylation is 1. The maximum absolute atomic E-state index is 4.78. The molecule has 0 aliphatic heterocycles. The topological polar surface area (TPSA) is 41.6 Å². The molecule has 19 heavy (non-hydrogen) atoms. The summed E-state index contributed by atoms with van der Waals surface area (Å²) >= 11 is 0. The average molecular weight is 253 g/mol. The second kappa shape index (κ2) is 5.39. The SMILES string of the molecule is CCCCCCc1nc2[nH]ccc2c2cnccc12. The number of pyridine rings is 2. The highest BCUT2D eigenvalue weighted by Gasteiger charge is 2.08. The van der Waals surface area contributed by atoms with Gasteiger partial charge in [-0.1, -0.05) is 26.2 Å². The van der Waals surface area contributed by atoms with Crippen LogP contribution in [0.4, 0.5) is 0 Å². The monoisotopic (exact) mass is 253 g/mol. The minimum Gasteiger partial charge on any atom is -0.346 e. The first kappa shape index (κ1) is 12.2. The highest BCUT2D eigenvalue weighted by atomic mass is 14.9. The predicted octanol–water partition coefficient (Wildman–Crippen LogP) is 4.23. The van der Waals surface area contributed by atoms with E-state index in [1.165, 1.54) is 47.5 Å². The quantitative estimate of drug-likeness (QED) is 0.691. The van der Waals surface area contributed by atoms with Gasteiger partial charge < -0.3 is 4.98 Å². The van der Waals surface area contributed by atoms with Gasteiger partial charge in [0.05, 0.1) is 5.69 Å². The van der Waals surface area contributed by atoms with Crippen molar-refractivity contribution in [1.82, 2.24) is 15.0 Å². The Hall–Kier alpha value is -1.90. The molecule has 0 saturated heterocycles. The third kappa shape index (κ3) is 2.33. The van der Waals surface area contributed by atoms with Crippen molar-refractivity contribution in [3.05, 3.63) is 36.4 Å². The highest BCUT2D eigenvalue weighted by Crippen LogP contribution is 2.25. The maximum atomic E-state index is 4.78. The molecule has 0 amide bonds. The molecule has 0 radical (unpaired) electrons. The lowest BCUT2D eigenvalue weighted by Gasteiger charge is -2.06. The van der Waals surface area contributed by atoms with E-state index in [0.29, 0.717) is 0 Å². The van der Waals surface area contributed by atoms with Crippen LogP contribution in [0.25, 0.3) is 21.8 Å². The van der Waals surface area contributed by atoms with E-state index in [4.69, 9.17) is 4.98 Å². The van der Waals surface area contributed by atoms with Crippen LogP contribution >= 0.6 is 0 Å². The fourth-order valence-electron chi connectivity index (χ4n) is 2.64. The van der Waals surface area contributed by atoms with Crippen LogP contribution in [0.2, 0.25) is 0 Å².